The number of sulfonamides is 1. The summed E-state index contributed by atoms with van der Waals surface area (Å²) in [5.74, 6) is -0.108. The third-order valence-electron chi connectivity index (χ3n) is 5.46. The Kier molecular flexibility index (Phi) is 6.40. The molecule has 1 heterocycles. The number of carbonyl (C=O) groups is 1. The summed E-state index contributed by atoms with van der Waals surface area (Å²) in [7, 11) is -3.23. The van der Waals surface area contributed by atoms with E-state index in [1.807, 2.05) is 6.07 Å². The van der Waals surface area contributed by atoms with Crippen LogP contribution in [0, 0.1) is 11.7 Å². The SMILES string of the molecule is CC(C)S(=O)(=O)NCC1CCC(NC(=O)Cn2ccc3ccc(F)cc32)CC1. The Morgan fingerprint density at radius 2 is 1.93 bits per heavy atom. The number of carbonyl (C=O) groups excluding carboxylic acids is 1. The van der Waals surface area contributed by atoms with Gasteiger partial charge in [0.2, 0.25) is 15.9 Å². The van der Waals surface area contributed by atoms with E-state index in [1.54, 1.807) is 30.7 Å². The van der Waals surface area contributed by atoms with Crippen LogP contribution < -0.4 is 10.0 Å². The highest BCUT2D eigenvalue weighted by atomic mass is 32.2. The van der Waals surface area contributed by atoms with Gasteiger partial charge in [-0.25, -0.2) is 17.5 Å². The summed E-state index contributed by atoms with van der Waals surface area (Å²) in [6, 6.07) is 6.52. The number of benzene rings is 1. The quantitative estimate of drug-likeness (QED) is 0.738. The highest BCUT2D eigenvalue weighted by Gasteiger charge is 2.24. The Labute approximate surface area is 165 Å². The molecule has 2 aromatic rings. The predicted molar refractivity (Wildman–Crippen MR) is 108 cm³/mol. The number of amides is 1. The molecule has 0 atom stereocenters. The Morgan fingerprint density at radius 1 is 1.21 bits per heavy atom. The first-order chi connectivity index (χ1) is 13.2. The molecule has 1 fully saturated rings. The van der Waals surface area contributed by atoms with Crippen molar-refractivity contribution in [2.75, 3.05) is 6.54 Å². The molecule has 1 saturated carbocycles. The lowest BCUT2D eigenvalue weighted by Gasteiger charge is -2.29. The number of fused-ring (bicyclic) bond motifs is 1. The first-order valence-electron chi connectivity index (χ1n) is 9.77. The van der Waals surface area contributed by atoms with E-state index in [-0.39, 0.29) is 24.3 Å². The lowest BCUT2D eigenvalue weighted by Crippen LogP contribution is -2.41. The minimum atomic E-state index is -3.23. The van der Waals surface area contributed by atoms with Gasteiger partial charge in [-0.15, -0.1) is 0 Å². The van der Waals surface area contributed by atoms with Crippen molar-refractivity contribution >= 4 is 26.8 Å². The van der Waals surface area contributed by atoms with Crippen LogP contribution in [-0.2, 0) is 21.4 Å². The van der Waals surface area contributed by atoms with E-state index >= 15 is 0 Å². The second-order valence-electron chi connectivity index (χ2n) is 7.87. The van der Waals surface area contributed by atoms with E-state index in [2.05, 4.69) is 10.0 Å². The zero-order valence-electron chi connectivity index (χ0n) is 16.3. The Bertz CT molecular complexity index is 931. The molecular weight excluding hydrogens is 381 g/mol. The standard InChI is InChI=1S/C20H28FN3O3S/c1-14(2)28(26,27)22-12-15-3-7-18(8-4-15)23-20(25)13-24-10-9-16-5-6-17(21)11-19(16)24/h5-6,9-11,14-15,18,22H,3-4,7-8,12-13H2,1-2H3,(H,23,25). The monoisotopic (exact) mass is 409 g/mol. The van der Waals surface area contributed by atoms with Crippen molar-refractivity contribution in [1.82, 2.24) is 14.6 Å². The number of nitrogens with zero attached hydrogens (tertiary/aromatic N) is 1. The van der Waals surface area contributed by atoms with Gasteiger partial charge in [-0.2, -0.15) is 0 Å². The van der Waals surface area contributed by atoms with Crippen LogP contribution in [0.5, 0.6) is 0 Å². The maximum atomic E-state index is 13.5. The molecule has 6 nitrogen and oxygen atoms in total. The highest BCUT2D eigenvalue weighted by molar-refractivity contribution is 7.90. The fraction of sp³-hybridized carbons (Fsp3) is 0.550. The Balaban J connectivity index is 1.46. The van der Waals surface area contributed by atoms with E-state index in [1.165, 1.54) is 12.1 Å². The number of hydrogen-bond donors (Lipinski definition) is 2. The normalized spacial score (nSPS) is 20.6. The van der Waals surface area contributed by atoms with Gasteiger partial charge in [0.25, 0.3) is 0 Å². The Hall–Kier alpha value is -1.93. The van der Waals surface area contributed by atoms with Gasteiger partial charge < -0.3 is 9.88 Å². The number of nitrogens with one attached hydrogen (secondary N) is 2. The summed E-state index contributed by atoms with van der Waals surface area (Å²) >= 11 is 0. The topological polar surface area (TPSA) is 80.2 Å². The minimum Gasteiger partial charge on any atom is -0.352 e. The van der Waals surface area contributed by atoms with Crippen LogP contribution in [0.4, 0.5) is 4.39 Å². The van der Waals surface area contributed by atoms with Crippen molar-refractivity contribution in [3.63, 3.8) is 0 Å². The maximum Gasteiger partial charge on any atom is 0.240 e. The van der Waals surface area contributed by atoms with Crippen molar-refractivity contribution < 1.29 is 17.6 Å². The molecule has 3 rings (SSSR count). The van der Waals surface area contributed by atoms with Gasteiger partial charge >= 0.3 is 0 Å². The third-order valence-corrected chi connectivity index (χ3v) is 7.27. The van der Waals surface area contributed by atoms with Crippen LogP contribution in [0.25, 0.3) is 10.9 Å². The van der Waals surface area contributed by atoms with E-state index < -0.39 is 15.3 Å². The summed E-state index contributed by atoms with van der Waals surface area (Å²) in [6.45, 7) is 3.94. The number of hydrogen-bond acceptors (Lipinski definition) is 3. The van der Waals surface area contributed by atoms with E-state index in [0.29, 0.717) is 18.0 Å². The van der Waals surface area contributed by atoms with Gasteiger partial charge in [-0.05, 0) is 75.1 Å². The van der Waals surface area contributed by atoms with Gasteiger partial charge in [0.1, 0.15) is 12.4 Å². The van der Waals surface area contributed by atoms with Gasteiger partial charge in [-0.1, -0.05) is 0 Å². The molecule has 0 unspecified atom stereocenters. The van der Waals surface area contributed by atoms with Crippen LogP contribution in [0.3, 0.4) is 0 Å². The lowest BCUT2D eigenvalue weighted by molar-refractivity contribution is -0.122. The highest BCUT2D eigenvalue weighted by Crippen LogP contribution is 2.24. The molecule has 0 aliphatic heterocycles. The maximum absolute atomic E-state index is 13.5. The zero-order valence-corrected chi connectivity index (χ0v) is 17.1. The molecule has 1 aromatic heterocycles. The molecule has 0 radical (unpaired) electrons. The molecule has 2 N–H and O–H groups in total. The van der Waals surface area contributed by atoms with Gasteiger partial charge in [0.15, 0.2) is 0 Å². The molecule has 28 heavy (non-hydrogen) atoms. The molecular formula is C20H28FN3O3S. The van der Waals surface area contributed by atoms with Crippen LogP contribution in [0.1, 0.15) is 39.5 Å². The molecule has 1 aliphatic carbocycles. The number of rotatable bonds is 7. The summed E-state index contributed by atoms with van der Waals surface area (Å²) < 4.78 is 41.6. The van der Waals surface area contributed by atoms with Crippen molar-refractivity contribution in [2.24, 2.45) is 5.92 Å². The summed E-state index contributed by atoms with van der Waals surface area (Å²) in [5.41, 5.74) is 0.705. The van der Waals surface area contributed by atoms with Crippen molar-refractivity contribution in [3.8, 4) is 0 Å². The van der Waals surface area contributed by atoms with Crippen molar-refractivity contribution in [1.29, 1.82) is 0 Å². The molecule has 0 saturated heterocycles. The number of halogens is 1. The molecule has 0 bridgehead atoms. The average Bonchev–Trinajstić information content (AvgIpc) is 3.03. The molecule has 1 aromatic carbocycles. The van der Waals surface area contributed by atoms with Crippen LogP contribution in [0.15, 0.2) is 30.5 Å². The fourth-order valence-corrected chi connectivity index (χ4v) is 4.44. The predicted octanol–water partition coefficient (Wildman–Crippen LogP) is 2.78. The third kappa shape index (κ3) is 5.11. The fourth-order valence-electron chi connectivity index (χ4n) is 3.63. The lowest BCUT2D eigenvalue weighted by atomic mass is 9.86. The first-order valence-corrected chi connectivity index (χ1v) is 11.3. The largest absolute Gasteiger partial charge is 0.352 e. The summed E-state index contributed by atoms with van der Waals surface area (Å²) in [5, 5.41) is 3.53. The molecule has 0 spiro atoms. The first kappa shape index (κ1) is 20.8. The molecule has 8 heteroatoms. The molecule has 1 amide bonds. The van der Waals surface area contributed by atoms with Crippen molar-refractivity contribution in [3.05, 3.63) is 36.3 Å². The van der Waals surface area contributed by atoms with Crippen LogP contribution in [-0.4, -0.2) is 36.7 Å². The smallest absolute Gasteiger partial charge is 0.240 e. The summed E-state index contributed by atoms with van der Waals surface area (Å²) in [4.78, 5) is 12.4. The Morgan fingerprint density at radius 3 is 2.61 bits per heavy atom. The second-order valence-corrected chi connectivity index (χ2v) is 10.2. The van der Waals surface area contributed by atoms with E-state index in [4.69, 9.17) is 0 Å². The van der Waals surface area contributed by atoms with Crippen molar-refractivity contribution in [2.45, 2.75) is 57.4 Å². The molecule has 1 aliphatic rings. The zero-order chi connectivity index (χ0) is 20.3. The number of aromatic nitrogens is 1. The van der Waals surface area contributed by atoms with Crippen LogP contribution in [0.2, 0.25) is 0 Å². The van der Waals surface area contributed by atoms with Gasteiger partial charge in [0.05, 0.1) is 10.8 Å². The van der Waals surface area contributed by atoms with Crippen LogP contribution >= 0.6 is 0 Å². The van der Waals surface area contributed by atoms with Gasteiger partial charge in [-0.3, -0.25) is 4.79 Å². The summed E-state index contributed by atoms with van der Waals surface area (Å²) in [6.07, 6.45) is 5.22. The molecule has 154 valence electrons. The van der Waals surface area contributed by atoms with E-state index in [9.17, 15) is 17.6 Å². The van der Waals surface area contributed by atoms with Gasteiger partial charge in [0, 0.05) is 18.8 Å². The minimum absolute atomic E-state index is 0.0919. The second kappa shape index (κ2) is 8.61. The average molecular weight is 410 g/mol. The van der Waals surface area contributed by atoms with E-state index in [0.717, 1.165) is 31.1 Å².